The van der Waals surface area contributed by atoms with Gasteiger partial charge in [-0.3, -0.25) is 19.3 Å². The van der Waals surface area contributed by atoms with Gasteiger partial charge in [0.15, 0.2) is 5.69 Å². The number of thioether (sulfide) groups is 1. The van der Waals surface area contributed by atoms with E-state index in [1.165, 1.54) is 23.6 Å². The molecule has 11 heteroatoms. The van der Waals surface area contributed by atoms with E-state index in [0.29, 0.717) is 19.8 Å². The number of amides is 1. The molecule has 0 saturated carbocycles. The highest BCUT2D eigenvalue weighted by molar-refractivity contribution is 7.99. The van der Waals surface area contributed by atoms with Crippen LogP contribution in [-0.4, -0.2) is 67.2 Å². The Kier molecular flexibility index (Phi) is 7.89. The molecule has 41 heavy (non-hydrogen) atoms. The predicted molar refractivity (Wildman–Crippen MR) is 152 cm³/mol. The lowest BCUT2D eigenvalue weighted by Crippen LogP contribution is -2.66. The zero-order valence-corrected chi connectivity index (χ0v) is 23.5. The van der Waals surface area contributed by atoms with E-state index < -0.39 is 24.5 Å². The van der Waals surface area contributed by atoms with E-state index in [0.717, 1.165) is 36.1 Å². The molecule has 0 radical (unpaired) electrons. The number of nitrogens with zero attached hydrogens (tertiary/aromatic N) is 3. The van der Waals surface area contributed by atoms with Crippen molar-refractivity contribution in [3.8, 4) is 5.75 Å². The number of carbonyl (C=O) groups excluding carboxylic acids is 2. The van der Waals surface area contributed by atoms with Gasteiger partial charge < -0.3 is 23.8 Å². The standard InChI is InChI=1S/C30H31N3O7S/c1-37-30(36)40-19-39-28-24(34)11-12-32-27(28)29(35)31-13-14-38-18-25(31)33(32)26-21-8-4-7-20(16-21)6-2-3-15-41-23-10-5-9-22(26)17-23/h4-5,7-12,16-17,25-26H,2-3,6,13-15,18-19H2,1H3/t25-,26+/m1/s1. The summed E-state index contributed by atoms with van der Waals surface area (Å²) in [4.78, 5) is 41.4. The maximum atomic E-state index is 13.9. The molecule has 0 aliphatic carbocycles. The number of aromatic nitrogens is 1. The van der Waals surface area contributed by atoms with Gasteiger partial charge in [-0.15, -0.1) is 11.8 Å². The minimum Gasteiger partial charge on any atom is -0.451 e. The zero-order valence-electron chi connectivity index (χ0n) is 22.7. The Morgan fingerprint density at radius 2 is 1.90 bits per heavy atom. The van der Waals surface area contributed by atoms with Crippen molar-refractivity contribution < 1.29 is 28.5 Å². The molecular weight excluding hydrogens is 546 g/mol. The van der Waals surface area contributed by atoms with E-state index >= 15 is 0 Å². The molecule has 0 unspecified atom stereocenters. The second-order valence-electron chi connectivity index (χ2n) is 10.0. The molecular formula is C30H31N3O7S. The van der Waals surface area contributed by atoms with Gasteiger partial charge in [-0.05, 0) is 53.8 Å². The second-order valence-corrected chi connectivity index (χ2v) is 11.2. The first-order chi connectivity index (χ1) is 20.0. The SMILES string of the molecule is COC(=O)OCOc1c2n(ccc1=O)N([C@H]1c3cccc(c3)CCCCSc3cccc1c3)[C@@H]1COCCN1C2=O. The molecule has 2 aromatic carbocycles. The summed E-state index contributed by atoms with van der Waals surface area (Å²) in [5.41, 5.74) is 2.93. The van der Waals surface area contributed by atoms with Crippen molar-refractivity contribution in [2.75, 3.05) is 44.4 Å². The largest absolute Gasteiger partial charge is 0.510 e. The molecule has 214 valence electrons. The molecule has 6 rings (SSSR count). The van der Waals surface area contributed by atoms with E-state index in [1.54, 1.807) is 15.8 Å². The minimum absolute atomic E-state index is 0.0666. The van der Waals surface area contributed by atoms with Crippen LogP contribution in [0.2, 0.25) is 0 Å². The lowest BCUT2D eigenvalue weighted by Gasteiger charge is -2.51. The van der Waals surface area contributed by atoms with Crippen molar-refractivity contribution in [1.29, 1.82) is 0 Å². The molecule has 0 spiro atoms. The Hall–Kier alpha value is -3.96. The van der Waals surface area contributed by atoms with Crippen LogP contribution in [0.25, 0.3) is 0 Å². The fourth-order valence-electron chi connectivity index (χ4n) is 5.67. The van der Waals surface area contributed by atoms with Gasteiger partial charge in [0.1, 0.15) is 6.17 Å². The number of hydrogen-bond acceptors (Lipinski definition) is 9. The third kappa shape index (κ3) is 5.39. The summed E-state index contributed by atoms with van der Waals surface area (Å²) in [7, 11) is 1.17. The van der Waals surface area contributed by atoms with Crippen molar-refractivity contribution in [3.63, 3.8) is 0 Å². The van der Waals surface area contributed by atoms with Crippen LogP contribution in [-0.2, 0) is 20.6 Å². The number of hydrogen-bond donors (Lipinski definition) is 0. The molecule has 0 N–H and O–H groups in total. The first-order valence-corrected chi connectivity index (χ1v) is 14.6. The smallest absolute Gasteiger partial charge is 0.451 e. The molecule has 3 aromatic rings. The Bertz CT molecular complexity index is 1460. The quantitative estimate of drug-likeness (QED) is 0.337. The predicted octanol–water partition coefficient (Wildman–Crippen LogP) is 3.94. The van der Waals surface area contributed by atoms with Gasteiger partial charge >= 0.3 is 6.16 Å². The van der Waals surface area contributed by atoms with Gasteiger partial charge in [-0.25, -0.2) is 4.79 Å². The summed E-state index contributed by atoms with van der Waals surface area (Å²) in [5.74, 6) is 0.489. The van der Waals surface area contributed by atoms with Gasteiger partial charge in [0, 0.05) is 23.7 Å². The number of benzene rings is 2. The van der Waals surface area contributed by atoms with Crippen molar-refractivity contribution in [2.45, 2.75) is 36.4 Å². The number of methoxy groups -OCH3 is 1. The highest BCUT2D eigenvalue weighted by atomic mass is 32.2. The van der Waals surface area contributed by atoms with Crippen LogP contribution in [0.3, 0.4) is 0 Å². The highest BCUT2D eigenvalue weighted by Gasteiger charge is 2.45. The van der Waals surface area contributed by atoms with Crippen LogP contribution in [0.5, 0.6) is 5.75 Å². The van der Waals surface area contributed by atoms with E-state index in [2.05, 4.69) is 58.3 Å². The number of aryl methyl sites for hydroxylation is 1. The van der Waals surface area contributed by atoms with Crippen LogP contribution < -0.4 is 15.2 Å². The monoisotopic (exact) mass is 577 g/mol. The van der Waals surface area contributed by atoms with Gasteiger partial charge in [-0.1, -0.05) is 36.4 Å². The number of ether oxygens (including phenoxy) is 4. The summed E-state index contributed by atoms with van der Waals surface area (Å²) >= 11 is 1.84. The third-order valence-electron chi connectivity index (χ3n) is 7.54. The maximum Gasteiger partial charge on any atom is 0.510 e. The first-order valence-electron chi connectivity index (χ1n) is 13.6. The second kappa shape index (κ2) is 11.9. The van der Waals surface area contributed by atoms with Crippen LogP contribution in [0.4, 0.5) is 4.79 Å². The van der Waals surface area contributed by atoms with Crippen LogP contribution >= 0.6 is 11.8 Å². The van der Waals surface area contributed by atoms with Crippen LogP contribution in [0.1, 0.15) is 46.1 Å². The molecule has 3 aliphatic heterocycles. The minimum atomic E-state index is -0.957. The molecule has 3 aliphatic rings. The Balaban J connectivity index is 1.53. The number of rotatable bonds is 4. The molecule has 1 amide bonds. The molecule has 4 heterocycles. The fourth-order valence-corrected chi connectivity index (χ4v) is 6.65. The van der Waals surface area contributed by atoms with Crippen LogP contribution in [0, 0.1) is 0 Å². The van der Waals surface area contributed by atoms with E-state index in [-0.39, 0.29) is 23.4 Å². The third-order valence-corrected chi connectivity index (χ3v) is 8.62. The Labute approximate surface area is 241 Å². The van der Waals surface area contributed by atoms with E-state index in [4.69, 9.17) is 14.2 Å². The van der Waals surface area contributed by atoms with Gasteiger partial charge in [-0.2, -0.15) is 0 Å². The summed E-state index contributed by atoms with van der Waals surface area (Å²) in [6.07, 6.45) is 3.42. The fraction of sp³-hybridized carbons (Fsp3) is 0.367. The van der Waals surface area contributed by atoms with Crippen molar-refractivity contribution in [3.05, 3.63) is 93.4 Å². The molecule has 4 bridgehead atoms. The zero-order chi connectivity index (χ0) is 28.3. The number of morpholine rings is 1. The highest BCUT2D eigenvalue weighted by Crippen LogP contribution is 2.38. The Morgan fingerprint density at radius 1 is 1.07 bits per heavy atom. The summed E-state index contributed by atoms with van der Waals surface area (Å²) in [6.45, 7) is 0.442. The molecule has 10 nitrogen and oxygen atoms in total. The Morgan fingerprint density at radius 3 is 2.76 bits per heavy atom. The maximum absolute atomic E-state index is 13.9. The van der Waals surface area contributed by atoms with Crippen molar-refractivity contribution in [1.82, 2.24) is 9.58 Å². The summed E-state index contributed by atoms with van der Waals surface area (Å²) in [6, 6.07) is 18.1. The van der Waals surface area contributed by atoms with Crippen molar-refractivity contribution >= 4 is 23.8 Å². The number of pyridine rings is 1. The average Bonchev–Trinajstić information content (AvgIpc) is 2.99. The van der Waals surface area contributed by atoms with Crippen LogP contribution in [0.15, 0.2) is 70.5 Å². The topological polar surface area (TPSA) is 99.5 Å². The average molecular weight is 578 g/mol. The first kappa shape index (κ1) is 27.2. The molecule has 1 aromatic heterocycles. The van der Waals surface area contributed by atoms with Gasteiger partial charge in [0.05, 0.1) is 26.4 Å². The van der Waals surface area contributed by atoms with Crippen molar-refractivity contribution in [2.24, 2.45) is 0 Å². The normalized spacial score (nSPS) is 20.2. The lowest BCUT2D eigenvalue weighted by atomic mass is 9.94. The van der Waals surface area contributed by atoms with E-state index in [9.17, 15) is 14.4 Å². The number of carbonyl (C=O) groups is 2. The van der Waals surface area contributed by atoms with Gasteiger partial charge in [0.2, 0.25) is 18.0 Å². The molecule has 1 fully saturated rings. The summed E-state index contributed by atoms with van der Waals surface area (Å²) in [5, 5.41) is 2.10. The van der Waals surface area contributed by atoms with E-state index in [1.807, 2.05) is 11.8 Å². The van der Waals surface area contributed by atoms with Gasteiger partial charge in [0.25, 0.3) is 5.91 Å². The lowest BCUT2D eigenvalue weighted by molar-refractivity contribution is -0.0208. The molecule has 1 saturated heterocycles. The summed E-state index contributed by atoms with van der Waals surface area (Å²) < 4.78 is 22.6. The number of fused-ring (bicyclic) bond motifs is 6. The molecule has 2 atom stereocenters.